The summed E-state index contributed by atoms with van der Waals surface area (Å²) in [5, 5.41) is 0. The molecule has 98 valence electrons. The van der Waals surface area contributed by atoms with E-state index in [9.17, 15) is 13.2 Å². The first kappa shape index (κ1) is 16.0. The van der Waals surface area contributed by atoms with Crippen LogP contribution in [0.5, 0.6) is 5.88 Å². The van der Waals surface area contributed by atoms with E-state index in [0.717, 1.165) is 0 Å². The standard InChI is InChI=1S/C10H13F3N2O.ClH/c1-16-9-3-2-7(6-15-9)8(14)4-5-10(11,12)13;/h2-3,6,8H,4-5,14H2,1H3;1H/t8-;/m1./s1. The van der Waals surface area contributed by atoms with Crippen molar-refractivity contribution < 1.29 is 17.9 Å². The fourth-order valence-electron chi connectivity index (χ4n) is 1.22. The van der Waals surface area contributed by atoms with Crippen LogP contribution in [0.25, 0.3) is 0 Å². The molecule has 0 aliphatic heterocycles. The van der Waals surface area contributed by atoms with E-state index in [1.54, 1.807) is 12.1 Å². The predicted molar refractivity (Wildman–Crippen MR) is 60.3 cm³/mol. The minimum atomic E-state index is -4.17. The molecule has 17 heavy (non-hydrogen) atoms. The molecule has 0 saturated heterocycles. The number of nitrogens with zero attached hydrogens (tertiary/aromatic N) is 1. The third-order valence-electron chi connectivity index (χ3n) is 2.14. The van der Waals surface area contributed by atoms with E-state index in [1.807, 2.05) is 0 Å². The van der Waals surface area contributed by atoms with Crippen LogP contribution in [-0.2, 0) is 0 Å². The van der Waals surface area contributed by atoms with Gasteiger partial charge in [-0.3, -0.25) is 0 Å². The molecule has 0 unspecified atom stereocenters. The van der Waals surface area contributed by atoms with E-state index >= 15 is 0 Å². The van der Waals surface area contributed by atoms with Gasteiger partial charge in [-0.05, 0) is 12.0 Å². The monoisotopic (exact) mass is 270 g/mol. The summed E-state index contributed by atoms with van der Waals surface area (Å²) in [6, 6.07) is 2.54. The highest BCUT2D eigenvalue weighted by molar-refractivity contribution is 5.85. The van der Waals surface area contributed by atoms with E-state index in [1.165, 1.54) is 13.3 Å². The third-order valence-corrected chi connectivity index (χ3v) is 2.14. The summed E-state index contributed by atoms with van der Waals surface area (Å²) in [5.74, 6) is 0.409. The van der Waals surface area contributed by atoms with Gasteiger partial charge in [0, 0.05) is 24.7 Å². The Morgan fingerprint density at radius 1 is 1.41 bits per heavy atom. The third kappa shape index (κ3) is 5.74. The molecule has 1 aromatic heterocycles. The number of aromatic nitrogens is 1. The minimum absolute atomic E-state index is 0. The minimum Gasteiger partial charge on any atom is -0.481 e. The van der Waals surface area contributed by atoms with Gasteiger partial charge in [-0.1, -0.05) is 6.07 Å². The predicted octanol–water partition coefficient (Wildman–Crippen LogP) is 2.85. The van der Waals surface area contributed by atoms with Crippen LogP contribution in [-0.4, -0.2) is 18.3 Å². The molecule has 0 fully saturated rings. The van der Waals surface area contributed by atoms with Gasteiger partial charge in [0.1, 0.15) is 0 Å². The topological polar surface area (TPSA) is 48.1 Å². The zero-order chi connectivity index (χ0) is 12.2. The Morgan fingerprint density at radius 2 is 2.06 bits per heavy atom. The van der Waals surface area contributed by atoms with Crippen LogP contribution in [0, 0.1) is 0 Å². The van der Waals surface area contributed by atoms with Crippen LogP contribution in [0.4, 0.5) is 13.2 Å². The van der Waals surface area contributed by atoms with Crippen LogP contribution < -0.4 is 10.5 Å². The molecule has 0 aromatic carbocycles. The average molecular weight is 271 g/mol. The number of ether oxygens (including phenoxy) is 1. The molecule has 0 aliphatic rings. The highest BCUT2D eigenvalue weighted by Crippen LogP contribution is 2.26. The van der Waals surface area contributed by atoms with Gasteiger partial charge in [0.2, 0.25) is 5.88 Å². The summed E-state index contributed by atoms with van der Waals surface area (Å²) in [7, 11) is 1.46. The van der Waals surface area contributed by atoms with Crippen LogP contribution >= 0.6 is 12.4 Å². The van der Waals surface area contributed by atoms with E-state index in [-0.39, 0.29) is 18.8 Å². The van der Waals surface area contributed by atoms with Crippen LogP contribution in [0.3, 0.4) is 0 Å². The quantitative estimate of drug-likeness (QED) is 0.915. The number of rotatable bonds is 4. The smallest absolute Gasteiger partial charge is 0.389 e. The summed E-state index contributed by atoms with van der Waals surface area (Å²) >= 11 is 0. The molecule has 0 aliphatic carbocycles. The molecule has 1 atom stereocenters. The average Bonchev–Trinajstić information content (AvgIpc) is 2.25. The largest absolute Gasteiger partial charge is 0.481 e. The number of hydrogen-bond donors (Lipinski definition) is 1. The summed E-state index contributed by atoms with van der Waals surface area (Å²) in [4.78, 5) is 3.88. The van der Waals surface area contributed by atoms with Gasteiger partial charge in [-0.2, -0.15) is 13.2 Å². The first-order valence-corrected chi connectivity index (χ1v) is 4.74. The molecule has 3 nitrogen and oxygen atoms in total. The van der Waals surface area contributed by atoms with Gasteiger partial charge in [0.05, 0.1) is 7.11 Å². The zero-order valence-electron chi connectivity index (χ0n) is 9.20. The van der Waals surface area contributed by atoms with Crippen molar-refractivity contribution in [2.75, 3.05) is 7.11 Å². The number of alkyl halides is 3. The fraction of sp³-hybridized carbons (Fsp3) is 0.500. The Kier molecular flexibility index (Phi) is 6.26. The van der Waals surface area contributed by atoms with Crippen molar-refractivity contribution >= 4 is 12.4 Å². The van der Waals surface area contributed by atoms with Crippen LogP contribution in [0.2, 0.25) is 0 Å². The molecule has 0 bridgehead atoms. The maximum absolute atomic E-state index is 12.0. The highest BCUT2D eigenvalue weighted by atomic mass is 35.5. The maximum atomic E-state index is 12.0. The molecule has 0 radical (unpaired) electrons. The zero-order valence-corrected chi connectivity index (χ0v) is 10.0. The van der Waals surface area contributed by atoms with Gasteiger partial charge >= 0.3 is 6.18 Å². The van der Waals surface area contributed by atoms with Gasteiger partial charge in [0.25, 0.3) is 0 Å². The Hall–Kier alpha value is -1.01. The maximum Gasteiger partial charge on any atom is 0.389 e. The molecule has 0 spiro atoms. The van der Waals surface area contributed by atoms with E-state index in [4.69, 9.17) is 10.5 Å². The lowest BCUT2D eigenvalue weighted by Gasteiger charge is -2.13. The molecule has 1 aromatic rings. The van der Waals surface area contributed by atoms with Gasteiger partial charge < -0.3 is 10.5 Å². The van der Waals surface area contributed by atoms with Crippen molar-refractivity contribution in [3.63, 3.8) is 0 Å². The Morgan fingerprint density at radius 3 is 2.47 bits per heavy atom. The number of methoxy groups -OCH3 is 1. The number of pyridine rings is 1. The molecular formula is C10H14ClF3N2O. The van der Waals surface area contributed by atoms with Crippen LogP contribution in [0.15, 0.2) is 18.3 Å². The highest BCUT2D eigenvalue weighted by Gasteiger charge is 2.27. The van der Waals surface area contributed by atoms with Crippen molar-refractivity contribution in [1.29, 1.82) is 0 Å². The summed E-state index contributed by atoms with van der Waals surface area (Å²) in [6.45, 7) is 0. The lowest BCUT2D eigenvalue weighted by molar-refractivity contribution is -0.136. The van der Waals surface area contributed by atoms with Crippen molar-refractivity contribution in [3.05, 3.63) is 23.9 Å². The van der Waals surface area contributed by atoms with Gasteiger partial charge in [0.15, 0.2) is 0 Å². The Labute approximate surface area is 104 Å². The second-order valence-corrected chi connectivity index (χ2v) is 3.39. The lowest BCUT2D eigenvalue weighted by Crippen LogP contribution is -2.15. The van der Waals surface area contributed by atoms with E-state index in [2.05, 4.69) is 4.98 Å². The first-order valence-electron chi connectivity index (χ1n) is 4.74. The molecule has 1 rings (SSSR count). The fourth-order valence-corrected chi connectivity index (χ4v) is 1.22. The van der Waals surface area contributed by atoms with Crippen LogP contribution in [0.1, 0.15) is 24.4 Å². The van der Waals surface area contributed by atoms with Crippen molar-refractivity contribution in [1.82, 2.24) is 4.98 Å². The molecule has 1 heterocycles. The van der Waals surface area contributed by atoms with E-state index in [0.29, 0.717) is 11.4 Å². The number of halogens is 4. The molecule has 0 amide bonds. The Bertz CT molecular complexity index is 329. The summed E-state index contributed by atoms with van der Waals surface area (Å²) in [6.07, 6.45) is -3.77. The summed E-state index contributed by atoms with van der Waals surface area (Å²) < 4.78 is 40.7. The number of hydrogen-bond acceptors (Lipinski definition) is 3. The van der Waals surface area contributed by atoms with Crippen molar-refractivity contribution in [2.45, 2.75) is 25.1 Å². The molecule has 7 heteroatoms. The van der Waals surface area contributed by atoms with E-state index < -0.39 is 18.6 Å². The molecule has 2 N–H and O–H groups in total. The lowest BCUT2D eigenvalue weighted by atomic mass is 10.1. The number of nitrogens with two attached hydrogens (primary N) is 1. The molecule has 0 saturated carbocycles. The van der Waals surface area contributed by atoms with Gasteiger partial charge in [-0.15, -0.1) is 12.4 Å². The SMILES string of the molecule is COc1ccc([C@H](N)CCC(F)(F)F)cn1.Cl. The second-order valence-electron chi connectivity index (χ2n) is 3.39. The van der Waals surface area contributed by atoms with Crippen molar-refractivity contribution in [3.8, 4) is 5.88 Å². The van der Waals surface area contributed by atoms with Gasteiger partial charge in [-0.25, -0.2) is 4.98 Å². The molecular weight excluding hydrogens is 257 g/mol. The first-order chi connectivity index (χ1) is 7.42. The Balaban J connectivity index is 0.00000256. The van der Waals surface area contributed by atoms with Crippen molar-refractivity contribution in [2.24, 2.45) is 5.73 Å². The normalized spacial score (nSPS) is 12.8. The second kappa shape index (κ2) is 6.66. The summed E-state index contributed by atoms with van der Waals surface area (Å²) in [5.41, 5.74) is 6.19.